The van der Waals surface area contributed by atoms with Crippen molar-refractivity contribution in [3.63, 3.8) is 0 Å². The number of fused-ring (bicyclic) bond motifs is 3. The number of hydrogen-bond acceptors (Lipinski definition) is 16. The number of amides is 2. The van der Waals surface area contributed by atoms with E-state index >= 15 is 0 Å². The molecule has 11 N–H and O–H groups in total. The number of nitrogens with two attached hydrogens (primary N) is 1. The molecule has 0 aromatic heterocycles. The molecule has 0 unspecified atom stereocenters. The fraction of sp³-hybridized carbons (Fsp3) is 0.571. The van der Waals surface area contributed by atoms with Crippen molar-refractivity contribution in [1.82, 2.24) is 10.2 Å². The maximum absolute atomic E-state index is 14.9. The van der Waals surface area contributed by atoms with Crippen LogP contribution in [0.1, 0.15) is 43.1 Å². The Kier molecular flexibility index (Phi) is 10.7. The van der Waals surface area contributed by atoms with Gasteiger partial charge in [-0.1, -0.05) is 0 Å². The minimum atomic E-state index is -2.90. The molecule has 5 rings (SSSR count). The average molecular weight is 762 g/mol. The van der Waals surface area contributed by atoms with Crippen LogP contribution in [-0.2, 0) is 30.3 Å². The van der Waals surface area contributed by atoms with Crippen LogP contribution in [0.15, 0.2) is 28.7 Å². The highest BCUT2D eigenvalue weighted by Crippen LogP contribution is 2.54. The van der Waals surface area contributed by atoms with Gasteiger partial charge in [-0.15, -0.1) is 0 Å². The van der Waals surface area contributed by atoms with E-state index in [-0.39, 0.29) is 36.2 Å². The first-order chi connectivity index (χ1) is 24.9. The highest BCUT2D eigenvalue weighted by molar-refractivity contribution is 6.25. The number of aliphatic carboxylic acids is 1. The largest absolute Gasteiger partial charge is 0.510 e. The van der Waals surface area contributed by atoms with Gasteiger partial charge < -0.3 is 66.5 Å². The van der Waals surface area contributed by atoms with E-state index in [1.165, 1.54) is 25.1 Å². The molecule has 1 aromatic rings. The molecule has 1 fully saturated rings. The first kappa shape index (κ1) is 40.6. The monoisotopic (exact) mass is 761 g/mol. The van der Waals surface area contributed by atoms with Crippen LogP contribution in [-0.4, -0.2) is 153 Å². The highest BCUT2D eigenvalue weighted by atomic mass is 16.7. The summed E-state index contributed by atoms with van der Waals surface area (Å²) in [6.45, 7) is 5.21. The van der Waals surface area contributed by atoms with E-state index in [0.717, 1.165) is 0 Å². The Morgan fingerprint density at radius 1 is 1.06 bits per heavy atom. The smallest absolute Gasteiger partial charge is 0.335 e. The summed E-state index contributed by atoms with van der Waals surface area (Å²) in [5.41, 5.74) is 0.748. The fourth-order valence-corrected chi connectivity index (χ4v) is 7.71. The van der Waals surface area contributed by atoms with Crippen LogP contribution in [0.5, 0.6) is 5.75 Å². The van der Waals surface area contributed by atoms with Crippen LogP contribution in [0.4, 0.5) is 11.4 Å². The number of primary amides is 1. The zero-order chi connectivity index (χ0) is 40.5. The number of allylic oxidation sites excluding steroid dienone is 1. The Bertz CT molecular complexity index is 1850. The lowest BCUT2D eigenvalue weighted by molar-refractivity contribution is -0.271. The number of benzene rings is 1. The van der Waals surface area contributed by atoms with Gasteiger partial charge in [0.25, 0.3) is 5.91 Å². The van der Waals surface area contributed by atoms with E-state index < -0.39 is 117 Å². The molecule has 1 saturated heterocycles. The number of hydrogen-bond donors (Lipinski definition) is 10. The number of likely N-dealkylation sites (N-methyl/N-ethyl adjacent to an activating group) is 1. The predicted octanol–water partition coefficient (Wildman–Crippen LogP) is -1.92. The second-order valence-corrected chi connectivity index (χ2v) is 15.5. The third-order valence-corrected chi connectivity index (χ3v) is 10.3. The highest BCUT2D eigenvalue weighted by Gasteiger charge is 2.63. The van der Waals surface area contributed by atoms with Gasteiger partial charge >= 0.3 is 5.97 Å². The van der Waals surface area contributed by atoms with Gasteiger partial charge in [0, 0.05) is 36.8 Å². The number of nitrogens with zero attached hydrogens (tertiary/aromatic N) is 2. The Morgan fingerprint density at radius 2 is 1.69 bits per heavy atom. The van der Waals surface area contributed by atoms with E-state index in [0.29, 0.717) is 5.69 Å². The van der Waals surface area contributed by atoms with Crippen LogP contribution in [0.3, 0.4) is 0 Å². The third-order valence-electron chi connectivity index (χ3n) is 10.3. The molecule has 9 atom stereocenters. The van der Waals surface area contributed by atoms with Gasteiger partial charge in [-0.05, 0) is 65.3 Å². The van der Waals surface area contributed by atoms with E-state index in [1.54, 1.807) is 19.0 Å². The van der Waals surface area contributed by atoms with E-state index in [4.69, 9.17) is 15.2 Å². The molecule has 1 heterocycles. The van der Waals surface area contributed by atoms with Gasteiger partial charge in [0.05, 0.1) is 23.8 Å². The summed E-state index contributed by atoms with van der Waals surface area (Å²) in [7, 11) is 6.32. The lowest BCUT2D eigenvalue weighted by Crippen LogP contribution is -2.63. The summed E-state index contributed by atoms with van der Waals surface area (Å²) < 4.78 is 11.4. The van der Waals surface area contributed by atoms with Crippen molar-refractivity contribution >= 4 is 40.7 Å². The van der Waals surface area contributed by atoms with Gasteiger partial charge in [-0.3, -0.25) is 24.1 Å². The maximum Gasteiger partial charge on any atom is 0.335 e. The number of carboxylic acid groups (broad SMARTS) is 1. The van der Waals surface area contributed by atoms with Gasteiger partial charge in [-0.25, -0.2) is 4.79 Å². The number of Topliss-reactive ketones (excluding diaryl/α,β-unsaturated/α-hetero) is 2. The van der Waals surface area contributed by atoms with Gasteiger partial charge in [0.15, 0.2) is 23.2 Å². The molecule has 0 bridgehead atoms. The molecule has 296 valence electrons. The number of aliphatic hydroxyl groups excluding tert-OH is 5. The summed E-state index contributed by atoms with van der Waals surface area (Å²) in [5, 5.41) is 82.0. The predicted molar refractivity (Wildman–Crippen MR) is 188 cm³/mol. The molecule has 19 nitrogen and oxygen atoms in total. The van der Waals surface area contributed by atoms with Crippen LogP contribution in [0.2, 0.25) is 0 Å². The number of carbonyl (C=O) groups is 5. The average Bonchev–Trinajstić information content (AvgIpc) is 3.05. The van der Waals surface area contributed by atoms with E-state index in [9.17, 15) is 59.7 Å². The summed E-state index contributed by atoms with van der Waals surface area (Å²) in [6, 6.07) is 0.260. The molecule has 19 heteroatoms. The number of ether oxygens (including phenoxy) is 2. The molecular formula is C35H47N5O14. The van der Waals surface area contributed by atoms with Crippen LogP contribution in [0.25, 0.3) is 0 Å². The van der Waals surface area contributed by atoms with Crippen molar-refractivity contribution in [1.29, 1.82) is 0 Å². The molecule has 3 aliphatic carbocycles. The first-order valence-electron chi connectivity index (χ1n) is 17.1. The zero-order valence-corrected chi connectivity index (χ0v) is 30.8. The van der Waals surface area contributed by atoms with Crippen LogP contribution >= 0.6 is 0 Å². The number of nitrogens with one attached hydrogen (secondary N) is 2. The lowest BCUT2D eigenvalue weighted by atomic mass is 9.58. The molecule has 0 saturated carbocycles. The second kappa shape index (κ2) is 14.2. The second-order valence-electron chi connectivity index (χ2n) is 15.5. The summed E-state index contributed by atoms with van der Waals surface area (Å²) in [6.07, 6.45) is -10.6. The Balaban J connectivity index is 1.74. The van der Waals surface area contributed by atoms with Gasteiger partial charge in [-0.2, -0.15) is 0 Å². The van der Waals surface area contributed by atoms with Crippen molar-refractivity contribution < 1.29 is 69.2 Å². The Hall–Kier alpha value is -4.63. The molecular weight excluding hydrogens is 714 g/mol. The van der Waals surface area contributed by atoms with Crippen molar-refractivity contribution in [2.75, 3.05) is 45.0 Å². The molecule has 54 heavy (non-hydrogen) atoms. The molecule has 1 aliphatic heterocycles. The van der Waals surface area contributed by atoms with Gasteiger partial charge in [0.1, 0.15) is 35.4 Å². The SMILES string of the molecule is CN(C)c1cc(NC(=O)CNC(C)(C)C)c(O[C@@H]2O[C@H](C(=O)O)[C@@H](O)[C@H](O)[C@H]2O)c2c1C[C@H]1C[C@H]3[C@H](N(C)C)C(O)=C(C(N)=O)C(=O)[C@@]3(O)C(O)=C1C2=O. The molecule has 2 amide bonds. The van der Waals surface area contributed by atoms with Crippen LogP contribution < -0.4 is 26.0 Å². The number of ketones is 2. The maximum atomic E-state index is 14.9. The molecule has 0 spiro atoms. The molecule has 1 aromatic carbocycles. The Morgan fingerprint density at radius 3 is 2.22 bits per heavy atom. The van der Waals surface area contributed by atoms with Crippen molar-refractivity contribution in [3.05, 3.63) is 39.9 Å². The minimum Gasteiger partial charge on any atom is -0.510 e. The minimum absolute atomic E-state index is 0.0641. The molecule has 4 aliphatic rings. The van der Waals surface area contributed by atoms with E-state index in [2.05, 4.69) is 10.6 Å². The first-order valence-corrected chi connectivity index (χ1v) is 17.1. The summed E-state index contributed by atoms with van der Waals surface area (Å²) in [4.78, 5) is 69.3. The standard InChI is InChI=1S/C35H47N5O14/c1-34(2,3)37-11-17(41)38-15-10-16(39(4)5)13-8-12-9-14-21(40(6)7)23(43)20(31(36)49)30(48)35(14,52)29(47)18(12)22(42)19(13)27(15)53-33-26(46)24(44)25(45)28(54-33)32(50)51/h10,12,14,21,24-26,28,33,37,43-47,52H,8-9,11H2,1-7H3,(H2,36,49)(H,38,41)(H,50,51)/t12-,14-,21-,24-,25-,26+,28-,33+,35-/m0/s1. The molecule has 0 radical (unpaired) electrons. The van der Waals surface area contributed by atoms with Gasteiger partial charge in [0.2, 0.25) is 18.0 Å². The lowest BCUT2D eigenvalue weighted by Gasteiger charge is -2.50. The van der Waals surface area contributed by atoms with E-state index in [1.807, 2.05) is 20.8 Å². The number of carboxylic acids is 1. The normalized spacial score (nSPS) is 31.1. The van der Waals surface area contributed by atoms with Crippen molar-refractivity contribution in [2.45, 2.75) is 81.5 Å². The topological polar surface area (TPSA) is 302 Å². The van der Waals surface area contributed by atoms with Crippen LogP contribution in [0, 0.1) is 11.8 Å². The number of anilines is 2. The summed E-state index contributed by atoms with van der Waals surface area (Å²) >= 11 is 0. The quantitative estimate of drug-likeness (QED) is 0.123. The fourth-order valence-electron chi connectivity index (χ4n) is 7.71. The number of rotatable bonds is 9. The van der Waals surface area contributed by atoms with Crippen molar-refractivity contribution in [3.8, 4) is 5.75 Å². The number of carbonyl (C=O) groups excluding carboxylic acids is 4. The number of aliphatic hydroxyl groups is 6. The van der Waals surface area contributed by atoms with Crippen molar-refractivity contribution in [2.24, 2.45) is 17.6 Å². The summed E-state index contributed by atoms with van der Waals surface area (Å²) in [5.74, 6) is -10.6. The Labute approximate surface area is 309 Å². The zero-order valence-electron chi connectivity index (χ0n) is 30.8. The third kappa shape index (κ3) is 6.69.